The lowest BCUT2D eigenvalue weighted by Crippen LogP contribution is -2.46. The van der Waals surface area contributed by atoms with Crippen molar-refractivity contribution in [3.05, 3.63) is 35.4 Å². The lowest BCUT2D eigenvalue weighted by molar-refractivity contribution is -0.137. The van der Waals surface area contributed by atoms with Gasteiger partial charge in [-0.1, -0.05) is 18.2 Å². The van der Waals surface area contributed by atoms with Gasteiger partial charge in [0.05, 0.1) is 5.56 Å². The summed E-state index contributed by atoms with van der Waals surface area (Å²) in [4.78, 5) is 0. The minimum absolute atomic E-state index is 0.0491. The molecule has 1 saturated heterocycles. The summed E-state index contributed by atoms with van der Waals surface area (Å²) in [5.74, 6) is 0. The third kappa shape index (κ3) is 3.94. The van der Waals surface area contributed by atoms with E-state index in [1.165, 1.54) is 12.1 Å². The largest absolute Gasteiger partial charge is 0.416 e. The summed E-state index contributed by atoms with van der Waals surface area (Å²) in [6.45, 7) is 3.93. The highest BCUT2D eigenvalue weighted by atomic mass is 19.4. The van der Waals surface area contributed by atoms with Crippen molar-refractivity contribution in [2.45, 2.75) is 38.0 Å². The molecule has 5 heteroatoms. The minimum atomic E-state index is -4.28. The highest BCUT2D eigenvalue weighted by Crippen LogP contribution is 2.29. The van der Waals surface area contributed by atoms with Gasteiger partial charge >= 0.3 is 6.18 Å². The molecule has 2 rings (SSSR count). The second-order valence-corrected chi connectivity index (χ2v) is 5.22. The number of halogens is 3. The van der Waals surface area contributed by atoms with E-state index >= 15 is 0 Å². The third-order valence-electron chi connectivity index (χ3n) is 3.57. The molecule has 0 bridgehead atoms. The zero-order chi connectivity index (χ0) is 13.9. The molecule has 19 heavy (non-hydrogen) atoms. The second-order valence-electron chi connectivity index (χ2n) is 5.22. The number of benzene rings is 1. The molecule has 0 unspecified atom stereocenters. The molecule has 0 aromatic heterocycles. The van der Waals surface area contributed by atoms with Crippen LogP contribution in [0, 0.1) is 0 Å². The van der Waals surface area contributed by atoms with Gasteiger partial charge in [-0.15, -0.1) is 0 Å². The summed E-state index contributed by atoms with van der Waals surface area (Å²) in [6, 6.07) is 5.46. The molecular weight excluding hydrogens is 255 g/mol. The summed E-state index contributed by atoms with van der Waals surface area (Å²) in [7, 11) is 0. The molecule has 2 nitrogen and oxygen atoms in total. The van der Waals surface area contributed by atoms with Crippen molar-refractivity contribution in [3.8, 4) is 0 Å². The fourth-order valence-electron chi connectivity index (χ4n) is 2.17. The van der Waals surface area contributed by atoms with Crippen molar-refractivity contribution in [2.75, 3.05) is 13.2 Å². The van der Waals surface area contributed by atoms with Gasteiger partial charge in [-0.05, 0) is 31.4 Å². The SMILES string of the molecule is CC1(NCc2cccc(C(F)(F)F)c2)CCOCC1. The van der Waals surface area contributed by atoms with Crippen LogP contribution in [0.2, 0.25) is 0 Å². The van der Waals surface area contributed by atoms with Gasteiger partial charge in [0, 0.05) is 25.3 Å². The summed E-state index contributed by atoms with van der Waals surface area (Å²) in [5, 5.41) is 3.35. The Bertz CT molecular complexity index is 425. The molecular formula is C14H18F3NO. The Hall–Kier alpha value is -1.07. The first kappa shape index (κ1) is 14.3. The molecule has 1 fully saturated rings. The molecule has 0 aliphatic carbocycles. The van der Waals surface area contributed by atoms with Crippen LogP contribution in [0.25, 0.3) is 0 Å². The Morgan fingerprint density at radius 3 is 2.58 bits per heavy atom. The van der Waals surface area contributed by atoms with E-state index < -0.39 is 11.7 Å². The lowest BCUT2D eigenvalue weighted by atomic mass is 9.92. The third-order valence-corrected chi connectivity index (χ3v) is 3.57. The number of ether oxygens (including phenoxy) is 1. The van der Waals surface area contributed by atoms with Gasteiger partial charge in [-0.25, -0.2) is 0 Å². The zero-order valence-corrected chi connectivity index (χ0v) is 10.9. The molecule has 1 aromatic rings. The first-order valence-corrected chi connectivity index (χ1v) is 6.38. The first-order chi connectivity index (χ1) is 8.89. The van der Waals surface area contributed by atoms with Crippen LogP contribution >= 0.6 is 0 Å². The van der Waals surface area contributed by atoms with E-state index in [1.54, 1.807) is 6.07 Å². The van der Waals surface area contributed by atoms with Gasteiger partial charge in [-0.3, -0.25) is 0 Å². The van der Waals surface area contributed by atoms with Crippen molar-refractivity contribution in [2.24, 2.45) is 0 Å². The van der Waals surface area contributed by atoms with E-state index in [2.05, 4.69) is 12.2 Å². The van der Waals surface area contributed by atoms with Gasteiger partial charge in [0.1, 0.15) is 0 Å². The minimum Gasteiger partial charge on any atom is -0.381 e. The van der Waals surface area contributed by atoms with Crippen molar-refractivity contribution in [1.29, 1.82) is 0 Å². The van der Waals surface area contributed by atoms with Crippen LogP contribution in [0.5, 0.6) is 0 Å². The van der Waals surface area contributed by atoms with E-state index in [4.69, 9.17) is 4.74 Å². The molecule has 1 aromatic carbocycles. The maximum atomic E-state index is 12.6. The second kappa shape index (κ2) is 5.51. The predicted octanol–water partition coefficient (Wildman–Crippen LogP) is 3.36. The topological polar surface area (TPSA) is 21.3 Å². The zero-order valence-electron chi connectivity index (χ0n) is 10.9. The van der Waals surface area contributed by atoms with E-state index in [-0.39, 0.29) is 5.54 Å². The molecule has 1 aliphatic heterocycles. The summed E-state index contributed by atoms with van der Waals surface area (Å²) >= 11 is 0. The maximum Gasteiger partial charge on any atom is 0.416 e. The molecule has 0 spiro atoms. The highest BCUT2D eigenvalue weighted by molar-refractivity contribution is 5.25. The quantitative estimate of drug-likeness (QED) is 0.911. The van der Waals surface area contributed by atoms with Crippen LogP contribution in [0.3, 0.4) is 0 Å². The molecule has 0 radical (unpaired) electrons. The lowest BCUT2D eigenvalue weighted by Gasteiger charge is -2.34. The van der Waals surface area contributed by atoms with Gasteiger partial charge in [0.2, 0.25) is 0 Å². The van der Waals surface area contributed by atoms with Gasteiger partial charge in [0.25, 0.3) is 0 Å². The number of rotatable bonds is 3. The number of alkyl halides is 3. The summed E-state index contributed by atoms with van der Waals surface area (Å²) in [6.07, 6.45) is -2.52. The fourth-order valence-corrected chi connectivity index (χ4v) is 2.17. The molecule has 0 atom stereocenters. The molecule has 106 valence electrons. The van der Waals surface area contributed by atoms with E-state index in [1.807, 2.05) is 0 Å². The molecule has 1 aliphatic rings. The number of hydrogen-bond acceptors (Lipinski definition) is 2. The first-order valence-electron chi connectivity index (χ1n) is 6.38. The van der Waals surface area contributed by atoms with Crippen molar-refractivity contribution in [1.82, 2.24) is 5.32 Å². The molecule has 0 saturated carbocycles. The predicted molar refractivity (Wildman–Crippen MR) is 66.7 cm³/mol. The van der Waals surface area contributed by atoms with Crippen molar-refractivity contribution < 1.29 is 17.9 Å². The fraction of sp³-hybridized carbons (Fsp3) is 0.571. The molecule has 0 amide bonds. The average Bonchev–Trinajstić information content (AvgIpc) is 2.37. The van der Waals surface area contributed by atoms with Crippen LogP contribution in [0.4, 0.5) is 13.2 Å². The standard InChI is InChI=1S/C14H18F3NO/c1-13(5-7-19-8-6-13)18-10-11-3-2-4-12(9-11)14(15,16)17/h2-4,9,18H,5-8,10H2,1H3. The van der Waals surface area contributed by atoms with Gasteiger partial charge < -0.3 is 10.1 Å². The van der Waals surface area contributed by atoms with Crippen LogP contribution in [0.15, 0.2) is 24.3 Å². The number of hydrogen-bond donors (Lipinski definition) is 1. The number of nitrogens with one attached hydrogen (secondary N) is 1. The van der Waals surface area contributed by atoms with Crippen LogP contribution in [-0.2, 0) is 17.5 Å². The Balaban J connectivity index is 1.99. The van der Waals surface area contributed by atoms with Crippen LogP contribution < -0.4 is 5.32 Å². The van der Waals surface area contributed by atoms with Crippen LogP contribution in [0.1, 0.15) is 30.9 Å². The Kier molecular flexibility index (Phi) is 4.16. The van der Waals surface area contributed by atoms with Crippen molar-refractivity contribution in [3.63, 3.8) is 0 Å². The van der Waals surface area contributed by atoms with E-state index in [0.29, 0.717) is 25.3 Å². The smallest absolute Gasteiger partial charge is 0.381 e. The Morgan fingerprint density at radius 2 is 1.95 bits per heavy atom. The van der Waals surface area contributed by atoms with Gasteiger partial charge in [-0.2, -0.15) is 13.2 Å². The summed E-state index contributed by atoms with van der Waals surface area (Å²) < 4.78 is 43.1. The van der Waals surface area contributed by atoms with Gasteiger partial charge in [0.15, 0.2) is 0 Å². The average molecular weight is 273 g/mol. The normalized spacial score (nSPS) is 19.4. The molecule has 1 heterocycles. The van der Waals surface area contributed by atoms with E-state index in [0.717, 1.165) is 18.9 Å². The Morgan fingerprint density at radius 1 is 1.26 bits per heavy atom. The van der Waals surface area contributed by atoms with Crippen LogP contribution in [-0.4, -0.2) is 18.8 Å². The Labute approximate surface area is 111 Å². The summed E-state index contributed by atoms with van der Waals surface area (Å²) in [5.41, 5.74) is 0.0124. The van der Waals surface area contributed by atoms with E-state index in [9.17, 15) is 13.2 Å². The maximum absolute atomic E-state index is 12.6. The monoisotopic (exact) mass is 273 g/mol. The highest BCUT2D eigenvalue weighted by Gasteiger charge is 2.31. The molecule has 1 N–H and O–H groups in total. The van der Waals surface area contributed by atoms with Crippen molar-refractivity contribution >= 4 is 0 Å².